The van der Waals surface area contributed by atoms with Gasteiger partial charge in [-0.2, -0.15) is 11.8 Å². The molecule has 0 bridgehead atoms. The molecule has 0 radical (unpaired) electrons. The molecule has 1 aromatic heterocycles. The first-order chi connectivity index (χ1) is 7.84. The van der Waals surface area contributed by atoms with Crippen LogP contribution in [0, 0.1) is 5.92 Å². The quantitative estimate of drug-likeness (QED) is 0.865. The van der Waals surface area contributed by atoms with Crippen molar-refractivity contribution in [1.82, 2.24) is 0 Å². The Kier molecular flexibility index (Phi) is 2.65. The Balaban J connectivity index is 1.92. The molecule has 84 valence electrons. The number of fused-ring (bicyclic) bond motifs is 1. The highest BCUT2D eigenvalue weighted by atomic mass is 32.2. The van der Waals surface area contributed by atoms with Gasteiger partial charge in [0.25, 0.3) is 0 Å². The number of para-hydroxylation sites is 1. The van der Waals surface area contributed by atoms with Crippen LogP contribution in [0.1, 0.15) is 18.2 Å². The lowest BCUT2D eigenvalue weighted by Gasteiger charge is -2.15. The highest BCUT2D eigenvalue weighted by molar-refractivity contribution is 7.99. The number of furan rings is 1. The van der Waals surface area contributed by atoms with Crippen molar-refractivity contribution in [3.8, 4) is 0 Å². The molecule has 1 aliphatic heterocycles. The van der Waals surface area contributed by atoms with Gasteiger partial charge in [0.2, 0.25) is 0 Å². The number of hydrogen-bond donors (Lipinski definition) is 1. The molecular formula is C13H15NOS. The first-order valence-electron chi connectivity index (χ1n) is 5.66. The van der Waals surface area contributed by atoms with Gasteiger partial charge in [-0.1, -0.05) is 18.2 Å². The van der Waals surface area contributed by atoms with Crippen molar-refractivity contribution in [2.45, 2.75) is 12.5 Å². The lowest BCUT2D eigenvalue weighted by molar-refractivity contribution is 0.402. The minimum atomic E-state index is 0.0578. The predicted molar refractivity (Wildman–Crippen MR) is 68.6 cm³/mol. The number of benzene rings is 1. The second-order valence-electron chi connectivity index (χ2n) is 4.34. The fraction of sp³-hybridized carbons (Fsp3) is 0.385. The third-order valence-electron chi connectivity index (χ3n) is 3.25. The summed E-state index contributed by atoms with van der Waals surface area (Å²) in [7, 11) is 0. The first-order valence-corrected chi connectivity index (χ1v) is 6.82. The summed E-state index contributed by atoms with van der Waals surface area (Å²) in [6, 6.07) is 10.2. The average Bonchev–Trinajstić information content (AvgIpc) is 2.97. The van der Waals surface area contributed by atoms with Crippen molar-refractivity contribution in [2.24, 2.45) is 11.7 Å². The molecule has 2 nitrogen and oxygen atoms in total. The maximum atomic E-state index is 6.26. The van der Waals surface area contributed by atoms with Gasteiger partial charge < -0.3 is 10.2 Å². The van der Waals surface area contributed by atoms with E-state index in [0.717, 1.165) is 22.5 Å². The predicted octanol–water partition coefficient (Wildman–Crippen LogP) is 3.19. The third-order valence-corrected chi connectivity index (χ3v) is 4.43. The molecule has 0 amide bonds. The van der Waals surface area contributed by atoms with E-state index >= 15 is 0 Å². The molecule has 1 aliphatic rings. The van der Waals surface area contributed by atoms with Gasteiger partial charge in [-0.05, 0) is 36.0 Å². The second-order valence-corrected chi connectivity index (χ2v) is 5.49. The van der Waals surface area contributed by atoms with Crippen LogP contribution >= 0.6 is 11.8 Å². The summed E-state index contributed by atoms with van der Waals surface area (Å²) < 4.78 is 5.81. The van der Waals surface area contributed by atoms with Crippen molar-refractivity contribution in [3.63, 3.8) is 0 Å². The van der Waals surface area contributed by atoms with E-state index in [1.165, 1.54) is 12.2 Å². The van der Waals surface area contributed by atoms with E-state index < -0.39 is 0 Å². The van der Waals surface area contributed by atoms with Gasteiger partial charge in [0.1, 0.15) is 11.3 Å². The SMILES string of the molecule is NC(c1cc2ccccc2o1)C1CCSC1. The van der Waals surface area contributed by atoms with Gasteiger partial charge in [-0.15, -0.1) is 0 Å². The summed E-state index contributed by atoms with van der Waals surface area (Å²) >= 11 is 1.99. The molecule has 0 saturated carbocycles. The van der Waals surface area contributed by atoms with Crippen LogP contribution in [0.4, 0.5) is 0 Å². The van der Waals surface area contributed by atoms with E-state index in [2.05, 4.69) is 12.1 Å². The molecule has 1 saturated heterocycles. The van der Waals surface area contributed by atoms with Crippen LogP contribution in [0.2, 0.25) is 0 Å². The fourth-order valence-corrected chi connectivity index (χ4v) is 3.55. The molecule has 2 unspecified atom stereocenters. The van der Waals surface area contributed by atoms with Gasteiger partial charge in [-0.25, -0.2) is 0 Å². The van der Waals surface area contributed by atoms with Crippen molar-refractivity contribution < 1.29 is 4.42 Å². The van der Waals surface area contributed by atoms with Gasteiger partial charge in [0, 0.05) is 5.39 Å². The first kappa shape index (κ1) is 10.2. The van der Waals surface area contributed by atoms with Gasteiger partial charge in [-0.3, -0.25) is 0 Å². The molecular weight excluding hydrogens is 218 g/mol. The van der Waals surface area contributed by atoms with Crippen LogP contribution in [0.15, 0.2) is 34.7 Å². The van der Waals surface area contributed by atoms with Crippen molar-refractivity contribution in [1.29, 1.82) is 0 Å². The monoisotopic (exact) mass is 233 g/mol. The number of rotatable bonds is 2. The maximum Gasteiger partial charge on any atom is 0.134 e. The average molecular weight is 233 g/mol. The Hall–Kier alpha value is -0.930. The largest absolute Gasteiger partial charge is 0.459 e. The Morgan fingerprint density at radius 1 is 1.38 bits per heavy atom. The molecule has 0 spiro atoms. The molecule has 2 aromatic rings. The highest BCUT2D eigenvalue weighted by Gasteiger charge is 2.26. The van der Waals surface area contributed by atoms with Crippen LogP contribution in [-0.2, 0) is 0 Å². The number of thioether (sulfide) groups is 1. The molecule has 1 fully saturated rings. The summed E-state index contributed by atoms with van der Waals surface area (Å²) in [5.74, 6) is 3.91. The minimum Gasteiger partial charge on any atom is -0.459 e. The van der Waals surface area contributed by atoms with Crippen molar-refractivity contribution >= 4 is 22.7 Å². The Morgan fingerprint density at radius 3 is 3.00 bits per heavy atom. The van der Waals surface area contributed by atoms with E-state index in [0.29, 0.717) is 5.92 Å². The zero-order chi connectivity index (χ0) is 11.0. The topological polar surface area (TPSA) is 39.2 Å². The van der Waals surface area contributed by atoms with Gasteiger partial charge in [0.05, 0.1) is 6.04 Å². The Morgan fingerprint density at radius 2 is 2.25 bits per heavy atom. The normalized spacial score (nSPS) is 22.7. The van der Waals surface area contributed by atoms with E-state index in [1.807, 2.05) is 30.0 Å². The zero-order valence-corrected chi connectivity index (χ0v) is 9.87. The van der Waals surface area contributed by atoms with Gasteiger partial charge in [0.15, 0.2) is 0 Å². The van der Waals surface area contributed by atoms with Crippen LogP contribution < -0.4 is 5.73 Å². The van der Waals surface area contributed by atoms with E-state index in [1.54, 1.807) is 0 Å². The summed E-state index contributed by atoms with van der Waals surface area (Å²) in [6.07, 6.45) is 1.21. The molecule has 0 aliphatic carbocycles. The summed E-state index contributed by atoms with van der Waals surface area (Å²) in [6.45, 7) is 0. The van der Waals surface area contributed by atoms with E-state index in [9.17, 15) is 0 Å². The van der Waals surface area contributed by atoms with Crippen LogP contribution in [0.3, 0.4) is 0 Å². The van der Waals surface area contributed by atoms with E-state index in [-0.39, 0.29) is 6.04 Å². The van der Waals surface area contributed by atoms with Crippen LogP contribution in [0.25, 0.3) is 11.0 Å². The highest BCUT2D eigenvalue weighted by Crippen LogP contribution is 2.34. The lowest BCUT2D eigenvalue weighted by Crippen LogP contribution is -2.20. The van der Waals surface area contributed by atoms with Crippen molar-refractivity contribution in [2.75, 3.05) is 11.5 Å². The summed E-state index contributed by atoms with van der Waals surface area (Å²) in [5, 5.41) is 1.15. The smallest absolute Gasteiger partial charge is 0.134 e. The molecule has 2 heterocycles. The summed E-state index contributed by atoms with van der Waals surface area (Å²) in [4.78, 5) is 0. The molecule has 16 heavy (non-hydrogen) atoms. The molecule has 3 heteroatoms. The zero-order valence-electron chi connectivity index (χ0n) is 9.06. The van der Waals surface area contributed by atoms with Crippen LogP contribution in [-0.4, -0.2) is 11.5 Å². The Labute approximate surface area is 99.2 Å². The van der Waals surface area contributed by atoms with E-state index in [4.69, 9.17) is 10.2 Å². The molecule has 3 rings (SSSR count). The summed E-state index contributed by atoms with van der Waals surface area (Å²) in [5.41, 5.74) is 7.20. The van der Waals surface area contributed by atoms with Crippen LogP contribution in [0.5, 0.6) is 0 Å². The Bertz CT molecular complexity index is 454. The number of hydrogen-bond acceptors (Lipinski definition) is 3. The standard InChI is InChI=1S/C13H15NOS/c14-13(10-5-6-16-8-10)12-7-9-3-1-2-4-11(9)15-12/h1-4,7,10,13H,5-6,8,14H2. The maximum absolute atomic E-state index is 6.26. The van der Waals surface area contributed by atoms with Crippen molar-refractivity contribution in [3.05, 3.63) is 36.1 Å². The molecule has 2 N–H and O–H groups in total. The number of nitrogens with two attached hydrogens (primary N) is 1. The lowest BCUT2D eigenvalue weighted by atomic mass is 9.98. The minimum absolute atomic E-state index is 0.0578. The fourth-order valence-electron chi connectivity index (χ4n) is 2.23. The second kappa shape index (κ2) is 4.15. The van der Waals surface area contributed by atoms with Gasteiger partial charge >= 0.3 is 0 Å². The third kappa shape index (κ3) is 1.74. The molecule has 2 atom stereocenters. The molecule has 1 aromatic carbocycles.